The van der Waals surface area contributed by atoms with Crippen molar-refractivity contribution in [2.75, 3.05) is 25.0 Å². The van der Waals surface area contributed by atoms with E-state index in [0.717, 1.165) is 16.6 Å². The van der Waals surface area contributed by atoms with Crippen LogP contribution < -0.4 is 10.2 Å². The summed E-state index contributed by atoms with van der Waals surface area (Å²) in [6.07, 6.45) is 1.55. The van der Waals surface area contributed by atoms with E-state index in [1.54, 1.807) is 18.1 Å². The molecule has 1 aromatic carbocycles. The minimum Gasteiger partial charge on any atom is -0.364 e. The number of nitrogens with zero attached hydrogens (tertiary/aromatic N) is 3. The zero-order valence-corrected chi connectivity index (χ0v) is 11.6. The molecule has 0 atom stereocenters. The van der Waals surface area contributed by atoms with Crippen molar-refractivity contribution in [1.29, 1.82) is 5.26 Å². The van der Waals surface area contributed by atoms with Crippen molar-refractivity contribution in [3.63, 3.8) is 0 Å². The quantitative estimate of drug-likeness (QED) is 0.916. The highest BCUT2D eigenvalue weighted by Gasteiger charge is 2.14. The minimum absolute atomic E-state index is 0.0696. The molecule has 0 saturated carbocycles. The Morgan fingerprint density at radius 3 is 2.90 bits per heavy atom. The van der Waals surface area contributed by atoms with Crippen LogP contribution in [0.15, 0.2) is 30.5 Å². The highest BCUT2D eigenvalue weighted by molar-refractivity contribution is 5.96. The van der Waals surface area contributed by atoms with Crippen LogP contribution in [0.1, 0.15) is 12.5 Å². The highest BCUT2D eigenvalue weighted by Crippen LogP contribution is 2.28. The first kappa shape index (κ1) is 13.8. The zero-order valence-electron chi connectivity index (χ0n) is 11.6. The molecular weight excluding hydrogens is 252 g/mol. The van der Waals surface area contributed by atoms with Crippen LogP contribution in [0.25, 0.3) is 10.9 Å². The van der Waals surface area contributed by atoms with Crippen molar-refractivity contribution in [3.8, 4) is 6.07 Å². The largest absolute Gasteiger partial charge is 0.364 e. The average Bonchev–Trinajstić information content (AvgIpc) is 2.46. The summed E-state index contributed by atoms with van der Waals surface area (Å²) in [5.74, 6) is -0.0696. The third-order valence-electron chi connectivity index (χ3n) is 3.00. The van der Waals surface area contributed by atoms with E-state index in [-0.39, 0.29) is 12.5 Å². The Morgan fingerprint density at radius 2 is 2.20 bits per heavy atom. The van der Waals surface area contributed by atoms with Crippen molar-refractivity contribution in [3.05, 3.63) is 36.0 Å². The van der Waals surface area contributed by atoms with Gasteiger partial charge in [-0.2, -0.15) is 5.26 Å². The second-order valence-corrected chi connectivity index (χ2v) is 4.46. The van der Waals surface area contributed by atoms with Gasteiger partial charge in [-0.05, 0) is 13.0 Å². The van der Waals surface area contributed by atoms with E-state index in [4.69, 9.17) is 0 Å². The summed E-state index contributed by atoms with van der Waals surface area (Å²) in [5, 5.41) is 12.9. The van der Waals surface area contributed by atoms with Crippen LogP contribution in [0.2, 0.25) is 0 Å². The Bertz CT molecular complexity index is 675. The van der Waals surface area contributed by atoms with Gasteiger partial charge in [0.1, 0.15) is 6.07 Å². The molecule has 0 unspecified atom stereocenters. The Hall–Kier alpha value is -2.61. The van der Waals surface area contributed by atoms with Gasteiger partial charge in [0.15, 0.2) is 0 Å². The van der Waals surface area contributed by atoms with E-state index in [0.29, 0.717) is 12.1 Å². The molecule has 1 aromatic heterocycles. The molecule has 0 saturated heterocycles. The second kappa shape index (κ2) is 6.02. The number of aromatic nitrogens is 1. The molecule has 102 valence electrons. The number of carbonyl (C=O) groups excluding carboxylic acids is 1. The fraction of sp³-hybridized carbons (Fsp3) is 0.267. The first-order chi connectivity index (χ1) is 9.67. The molecule has 1 N–H and O–H groups in total. The summed E-state index contributed by atoms with van der Waals surface area (Å²) in [6.45, 7) is 2.67. The second-order valence-electron chi connectivity index (χ2n) is 4.46. The Balaban J connectivity index is 2.46. The summed E-state index contributed by atoms with van der Waals surface area (Å²) in [7, 11) is 1.80. The molecule has 0 aliphatic carbocycles. The predicted molar refractivity (Wildman–Crippen MR) is 78.4 cm³/mol. The van der Waals surface area contributed by atoms with E-state index in [9.17, 15) is 10.1 Å². The molecule has 5 heteroatoms. The zero-order chi connectivity index (χ0) is 14.5. The molecular formula is C15H16N4O. The third kappa shape index (κ3) is 2.69. The average molecular weight is 268 g/mol. The normalized spacial score (nSPS) is 10.1. The lowest BCUT2D eigenvalue weighted by Gasteiger charge is -2.21. The molecule has 0 radical (unpaired) electrons. The van der Waals surface area contributed by atoms with Gasteiger partial charge in [0.05, 0.1) is 23.3 Å². The summed E-state index contributed by atoms with van der Waals surface area (Å²) in [4.78, 5) is 17.8. The number of benzene rings is 1. The molecule has 2 aromatic rings. The van der Waals surface area contributed by atoms with E-state index in [1.807, 2.05) is 31.2 Å². The van der Waals surface area contributed by atoms with Crippen molar-refractivity contribution in [2.45, 2.75) is 6.92 Å². The standard InChI is InChI=1S/C15H16N4O/c1-3-17-14(20)10-19(2)15-11(8-16)9-18-13-7-5-4-6-12(13)15/h4-7,9H,3,10H2,1-2H3,(H,17,20). The summed E-state index contributed by atoms with van der Waals surface area (Å²) >= 11 is 0. The number of nitriles is 1. The lowest BCUT2D eigenvalue weighted by molar-refractivity contribution is -0.119. The number of fused-ring (bicyclic) bond motifs is 1. The molecule has 1 amide bonds. The Morgan fingerprint density at radius 1 is 1.45 bits per heavy atom. The van der Waals surface area contributed by atoms with Gasteiger partial charge in [0, 0.05) is 25.2 Å². The van der Waals surface area contributed by atoms with Crippen LogP contribution in [-0.2, 0) is 4.79 Å². The number of carbonyl (C=O) groups is 1. The molecule has 20 heavy (non-hydrogen) atoms. The molecule has 0 fully saturated rings. The van der Waals surface area contributed by atoms with Crippen molar-refractivity contribution in [2.24, 2.45) is 0 Å². The van der Waals surface area contributed by atoms with Gasteiger partial charge in [-0.3, -0.25) is 9.78 Å². The number of pyridine rings is 1. The molecule has 5 nitrogen and oxygen atoms in total. The van der Waals surface area contributed by atoms with Gasteiger partial charge < -0.3 is 10.2 Å². The minimum atomic E-state index is -0.0696. The molecule has 0 aliphatic rings. The fourth-order valence-electron chi connectivity index (χ4n) is 2.17. The van der Waals surface area contributed by atoms with Crippen LogP contribution in [0.3, 0.4) is 0 Å². The number of anilines is 1. The molecule has 0 aliphatic heterocycles. The molecule has 0 spiro atoms. The van der Waals surface area contributed by atoms with Gasteiger partial charge in [0.2, 0.25) is 5.91 Å². The number of nitrogens with one attached hydrogen (secondary N) is 1. The maximum atomic E-state index is 11.7. The van der Waals surface area contributed by atoms with Crippen LogP contribution in [0.4, 0.5) is 5.69 Å². The Kier molecular flexibility index (Phi) is 4.16. The van der Waals surface area contributed by atoms with Gasteiger partial charge in [-0.25, -0.2) is 0 Å². The SMILES string of the molecule is CCNC(=O)CN(C)c1c(C#N)cnc2ccccc12. The number of hydrogen-bond acceptors (Lipinski definition) is 4. The van der Waals surface area contributed by atoms with Gasteiger partial charge in [-0.15, -0.1) is 0 Å². The number of hydrogen-bond donors (Lipinski definition) is 1. The summed E-state index contributed by atoms with van der Waals surface area (Å²) in [5.41, 5.74) is 2.02. The van der Waals surface area contributed by atoms with Crippen LogP contribution in [0.5, 0.6) is 0 Å². The lowest BCUT2D eigenvalue weighted by atomic mass is 10.1. The van der Waals surface area contributed by atoms with Crippen molar-refractivity contribution >= 4 is 22.5 Å². The summed E-state index contributed by atoms with van der Waals surface area (Å²) in [6, 6.07) is 9.73. The van der Waals surface area contributed by atoms with Gasteiger partial charge >= 0.3 is 0 Å². The molecule has 2 rings (SSSR count). The highest BCUT2D eigenvalue weighted by atomic mass is 16.2. The van der Waals surface area contributed by atoms with E-state index in [2.05, 4.69) is 16.4 Å². The fourth-order valence-corrected chi connectivity index (χ4v) is 2.17. The molecule has 1 heterocycles. The lowest BCUT2D eigenvalue weighted by Crippen LogP contribution is -2.35. The van der Waals surface area contributed by atoms with Crippen molar-refractivity contribution in [1.82, 2.24) is 10.3 Å². The van der Waals surface area contributed by atoms with Crippen LogP contribution >= 0.6 is 0 Å². The molecule has 0 bridgehead atoms. The van der Waals surface area contributed by atoms with E-state index >= 15 is 0 Å². The topological polar surface area (TPSA) is 69.0 Å². The maximum absolute atomic E-state index is 11.7. The third-order valence-corrected chi connectivity index (χ3v) is 3.00. The first-order valence-electron chi connectivity index (χ1n) is 6.43. The van der Waals surface area contributed by atoms with Crippen LogP contribution in [-0.4, -0.2) is 31.0 Å². The number of para-hydroxylation sites is 1. The number of likely N-dealkylation sites (N-methyl/N-ethyl adjacent to an activating group) is 2. The van der Waals surface area contributed by atoms with Gasteiger partial charge in [0.25, 0.3) is 0 Å². The monoisotopic (exact) mass is 268 g/mol. The van der Waals surface area contributed by atoms with E-state index in [1.165, 1.54) is 0 Å². The Labute approximate surface area is 117 Å². The van der Waals surface area contributed by atoms with Gasteiger partial charge in [-0.1, -0.05) is 18.2 Å². The van der Waals surface area contributed by atoms with E-state index < -0.39 is 0 Å². The number of rotatable bonds is 4. The predicted octanol–water partition coefficient (Wildman–Crippen LogP) is 1.68. The maximum Gasteiger partial charge on any atom is 0.239 e. The van der Waals surface area contributed by atoms with Crippen molar-refractivity contribution < 1.29 is 4.79 Å². The van der Waals surface area contributed by atoms with Crippen LogP contribution in [0, 0.1) is 11.3 Å². The number of amides is 1. The smallest absolute Gasteiger partial charge is 0.239 e. The summed E-state index contributed by atoms with van der Waals surface area (Å²) < 4.78 is 0. The first-order valence-corrected chi connectivity index (χ1v) is 6.43.